The average molecular weight is 376 g/mol. The van der Waals surface area contributed by atoms with Crippen molar-refractivity contribution in [3.63, 3.8) is 0 Å². The Bertz CT molecular complexity index is 827. The molecule has 3 aromatic rings. The standard InChI is InChI=1S/C14H7BrClF3N2/c15-10-3-1-7(5-9(10)14(17,18)19)13-20-11-4-2-8(16)6-12(11)21-13/h1-6H,(H,20,21). The van der Waals surface area contributed by atoms with E-state index in [0.29, 0.717) is 27.4 Å². The number of fused-ring (bicyclic) bond motifs is 1. The van der Waals surface area contributed by atoms with E-state index in [1.165, 1.54) is 6.07 Å². The first kappa shape index (κ1) is 14.4. The van der Waals surface area contributed by atoms with Crippen molar-refractivity contribution in [1.29, 1.82) is 0 Å². The number of hydrogen-bond acceptors (Lipinski definition) is 1. The Kier molecular flexibility index (Phi) is 3.45. The predicted octanol–water partition coefficient (Wildman–Crippen LogP) is 5.66. The highest BCUT2D eigenvalue weighted by molar-refractivity contribution is 9.10. The number of aromatic nitrogens is 2. The molecule has 0 atom stereocenters. The predicted molar refractivity (Wildman–Crippen MR) is 79.2 cm³/mol. The molecule has 0 saturated heterocycles. The van der Waals surface area contributed by atoms with Crippen LogP contribution in [0.15, 0.2) is 40.9 Å². The summed E-state index contributed by atoms with van der Waals surface area (Å²) in [5, 5.41) is 0.532. The molecule has 1 aromatic heterocycles. The van der Waals surface area contributed by atoms with Gasteiger partial charge in [0.2, 0.25) is 0 Å². The van der Waals surface area contributed by atoms with Crippen molar-refractivity contribution in [2.75, 3.05) is 0 Å². The van der Waals surface area contributed by atoms with Crippen LogP contribution in [-0.4, -0.2) is 9.97 Å². The van der Waals surface area contributed by atoms with E-state index in [2.05, 4.69) is 25.9 Å². The summed E-state index contributed by atoms with van der Waals surface area (Å²) in [6.45, 7) is 0. The smallest absolute Gasteiger partial charge is 0.338 e. The van der Waals surface area contributed by atoms with Gasteiger partial charge in [-0.05, 0) is 30.3 Å². The maximum Gasteiger partial charge on any atom is 0.417 e. The van der Waals surface area contributed by atoms with E-state index in [1.54, 1.807) is 24.3 Å². The van der Waals surface area contributed by atoms with Crippen LogP contribution in [0.25, 0.3) is 22.4 Å². The van der Waals surface area contributed by atoms with E-state index in [0.717, 1.165) is 6.07 Å². The van der Waals surface area contributed by atoms with Crippen LogP contribution < -0.4 is 0 Å². The van der Waals surface area contributed by atoms with Crippen molar-refractivity contribution in [1.82, 2.24) is 9.97 Å². The van der Waals surface area contributed by atoms with Gasteiger partial charge in [-0.2, -0.15) is 13.2 Å². The number of benzene rings is 2. The lowest BCUT2D eigenvalue weighted by Gasteiger charge is -2.10. The van der Waals surface area contributed by atoms with Crippen LogP contribution in [0.4, 0.5) is 13.2 Å². The minimum Gasteiger partial charge on any atom is -0.338 e. The van der Waals surface area contributed by atoms with Crippen molar-refractivity contribution in [2.45, 2.75) is 6.18 Å². The summed E-state index contributed by atoms with van der Waals surface area (Å²) in [7, 11) is 0. The van der Waals surface area contributed by atoms with Crippen molar-refractivity contribution in [3.05, 3.63) is 51.5 Å². The van der Waals surface area contributed by atoms with Gasteiger partial charge < -0.3 is 4.98 Å². The minimum absolute atomic E-state index is 0.00194. The molecule has 0 radical (unpaired) electrons. The molecule has 108 valence electrons. The van der Waals surface area contributed by atoms with Gasteiger partial charge >= 0.3 is 6.18 Å². The average Bonchev–Trinajstić information content (AvgIpc) is 2.80. The first-order chi connectivity index (χ1) is 9.84. The first-order valence-corrected chi connectivity index (χ1v) is 7.04. The summed E-state index contributed by atoms with van der Waals surface area (Å²) >= 11 is 8.79. The van der Waals surface area contributed by atoms with E-state index >= 15 is 0 Å². The van der Waals surface area contributed by atoms with E-state index in [-0.39, 0.29) is 4.47 Å². The summed E-state index contributed by atoms with van der Waals surface area (Å²) in [6, 6.07) is 9.05. The van der Waals surface area contributed by atoms with Crippen LogP contribution in [0, 0.1) is 0 Å². The molecule has 21 heavy (non-hydrogen) atoms. The number of imidazole rings is 1. The van der Waals surface area contributed by atoms with Crippen LogP contribution in [0.3, 0.4) is 0 Å². The number of aromatic amines is 1. The highest BCUT2D eigenvalue weighted by Gasteiger charge is 2.33. The fourth-order valence-electron chi connectivity index (χ4n) is 2.01. The van der Waals surface area contributed by atoms with Crippen molar-refractivity contribution >= 4 is 38.6 Å². The number of rotatable bonds is 1. The minimum atomic E-state index is -4.43. The topological polar surface area (TPSA) is 28.7 Å². The van der Waals surface area contributed by atoms with E-state index < -0.39 is 11.7 Å². The molecule has 3 rings (SSSR count). The van der Waals surface area contributed by atoms with E-state index in [4.69, 9.17) is 11.6 Å². The summed E-state index contributed by atoms with van der Waals surface area (Å²) in [6.07, 6.45) is -4.43. The van der Waals surface area contributed by atoms with Gasteiger partial charge in [0.15, 0.2) is 0 Å². The lowest BCUT2D eigenvalue weighted by atomic mass is 10.1. The third-order valence-corrected chi connectivity index (χ3v) is 3.92. The van der Waals surface area contributed by atoms with Crippen LogP contribution in [0.5, 0.6) is 0 Å². The maximum absolute atomic E-state index is 12.9. The molecule has 2 aromatic carbocycles. The number of nitrogens with zero attached hydrogens (tertiary/aromatic N) is 1. The fourth-order valence-corrected chi connectivity index (χ4v) is 2.65. The molecule has 0 aliphatic carbocycles. The molecule has 0 amide bonds. The van der Waals surface area contributed by atoms with Gasteiger partial charge in [-0.25, -0.2) is 4.98 Å². The largest absolute Gasteiger partial charge is 0.417 e. The second-order valence-electron chi connectivity index (χ2n) is 4.44. The fraction of sp³-hybridized carbons (Fsp3) is 0.0714. The highest BCUT2D eigenvalue weighted by atomic mass is 79.9. The third-order valence-electron chi connectivity index (χ3n) is 2.99. The van der Waals surface area contributed by atoms with E-state index in [1.807, 2.05) is 0 Å². The molecule has 0 saturated carbocycles. The quantitative estimate of drug-likeness (QED) is 0.584. The monoisotopic (exact) mass is 374 g/mol. The molecule has 0 aliphatic rings. The zero-order chi connectivity index (χ0) is 15.2. The zero-order valence-corrected chi connectivity index (χ0v) is 12.6. The SMILES string of the molecule is FC(F)(F)c1cc(-c2nc3ccc(Cl)cc3[nH]2)ccc1Br. The molecule has 0 aliphatic heterocycles. The highest BCUT2D eigenvalue weighted by Crippen LogP contribution is 2.37. The summed E-state index contributed by atoms with van der Waals surface area (Å²) in [5.41, 5.74) is 0.941. The third kappa shape index (κ3) is 2.78. The lowest BCUT2D eigenvalue weighted by Crippen LogP contribution is -2.06. The summed E-state index contributed by atoms with van der Waals surface area (Å²) < 4.78 is 38.8. The molecule has 1 N–H and O–H groups in total. The number of halogens is 5. The van der Waals surface area contributed by atoms with Crippen LogP contribution >= 0.6 is 27.5 Å². The Morgan fingerprint density at radius 2 is 1.86 bits per heavy atom. The maximum atomic E-state index is 12.9. The van der Waals surface area contributed by atoms with Gasteiger partial charge in [0.1, 0.15) is 5.82 Å². The summed E-state index contributed by atoms with van der Waals surface area (Å²) in [5.74, 6) is 0.366. The van der Waals surface area contributed by atoms with Crippen molar-refractivity contribution in [3.8, 4) is 11.4 Å². The Labute approximate surface area is 131 Å². The number of nitrogens with one attached hydrogen (secondary N) is 1. The molecular weight excluding hydrogens is 369 g/mol. The first-order valence-electron chi connectivity index (χ1n) is 5.87. The number of alkyl halides is 3. The van der Waals surface area contributed by atoms with Crippen molar-refractivity contribution < 1.29 is 13.2 Å². The van der Waals surface area contributed by atoms with Gasteiger partial charge in [-0.1, -0.05) is 33.6 Å². The van der Waals surface area contributed by atoms with Gasteiger partial charge in [0.25, 0.3) is 0 Å². The van der Waals surface area contributed by atoms with Gasteiger partial charge in [0, 0.05) is 15.1 Å². The van der Waals surface area contributed by atoms with Gasteiger partial charge in [-0.15, -0.1) is 0 Å². The Morgan fingerprint density at radius 3 is 2.57 bits per heavy atom. The molecule has 7 heteroatoms. The molecule has 0 unspecified atom stereocenters. The van der Waals surface area contributed by atoms with Crippen LogP contribution in [0.2, 0.25) is 5.02 Å². The number of H-pyrrole nitrogens is 1. The molecule has 2 nitrogen and oxygen atoms in total. The van der Waals surface area contributed by atoms with Crippen LogP contribution in [-0.2, 0) is 6.18 Å². The molecular formula is C14H7BrClF3N2. The molecule has 1 heterocycles. The van der Waals surface area contributed by atoms with Gasteiger partial charge in [-0.3, -0.25) is 0 Å². The normalized spacial score (nSPS) is 12.0. The Balaban J connectivity index is 2.14. The van der Waals surface area contributed by atoms with Crippen LogP contribution in [0.1, 0.15) is 5.56 Å². The summed E-state index contributed by atoms with van der Waals surface area (Å²) in [4.78, 5) is 7.25. The van der Waals surface area contributed by atoms with E-state index in [9.17, 15) is 13.2 Å². The zero-order valence-electron chi connectivity index (χ0n) is 10.3. The Hall–Kier alpha value is -1.53. The molecule has 0 spiro atoms. The number of hydrogen-bond donors (Lipinski definition) is 1. The second kappa shape index (κ2) is 5.03. The Morgan fingerprint density at radius 1 is 1.10 bits per heavy atom. The second-order valence-corrected chi connectivity index (χ2v) is 5.73. The molecule has 0 fully saturated rings. The lowest BCUT2D eigenvalue weighted by molar-refractivity contribution is -0.138. The molecule has 0 bridgehead atoms. The van der Waals surface area contributed by atoms with Crippen molar-refractivity contribution in [2.24, 2.45) is 0 Å². The van der Waals surface area contributed by atoms with Gasteiger partial charge in [0.05, 0.1) is 16.6 Å².